The van der Waals surface area contributed by atoms with Crippen LogP contribution in [-0.4, -0.2) is 11.0 Å². The molecule has 0 spiro atoms. The van der Waals surface area contributed by atoms with Crippen LogP contribution in [0.1, 0.15) is 35.0 Å². The van der Waals surface area contributed by atoms with E-state index in [1.807, 2.05) is 26.0 Å². The van der Waals surface area contributed by atoms with Gasteiger partial charge in [-0.3, -0.25) is 4.98 Å². The Morgan fingerprint density at radius 2 is 1.90 bits per heavy atom. The molecule has 112 valence electrons. The Morgan fingerprint density at radius 1 is 1.14 bits per heavy atom. The molecule has 1 heterocycles. The zero-order valence-electron chi connectivity index (χ0n) is 13.3. The second-order valence-corrected chi connectivity index (χ2v) is 5.80. The molecule has 0 bridgehead atoms. The van der Waals surface area contributed by atoms with Gasteiger partial charge in [0.05, 0.1) is 5.69 Å². The molecule has 0 saturated heterocycles. The smallest absolute Gasteiger partial charge is 0.141 e. The molecule has 1 unspecified atom stereocenters. The van der Waals surface area contributed by atoms with Crippen molar-refractivity contribution < 1.29 is 4.74 Å². The van der Waals surface area contributed by atoms with E-state index in [1.54, 1.807) is 0 Å². The zero-order valence-corrected chi connectivity index (χ0v) is 13.3. The number of aromatic nitrogens is 1. The molecule has 1 aromatic heterocycles. The van der Waals surface area contributed by atoms with Crippen LogP contribution in [0.25, 0.3) is 0 Å². The van der Waals surface area contributed by atoms with Crippen molar-refractivity contribution in [2.45, 2.75) is 46.8 Å². The maximum Gasteiger partial charge on any atom is 0.141 e. The summed E-state index contributed by atoms with van der Waals surface area (Å²) in [7, 11) is 0. The van der Waals surface area contributed by atoms with Gasteiger partial charge in [0, 0.05) is 18.2 Å². The molecule has 1 atom stereocenters. The normalized spacial score (nSPS) is 12.2. The van der Waals surface area contributed by atoms with Crippen LogP contribution >= 0.6 is 0 Å². The molecule has 21 heavy (non-hydrogen) atoms. The van der Waals surface area contributed by atoms with Gasteiger partial charge in [0.25, 0.3) is 0 Å². The molecule has 2 aromatic rings. The Hall–Kier alpha value is -1.87. The summed E-state index contributed by atoms with van der Waals surface area (Å²) in [5, 5.41) is 0. The quantitative estimate of drug-likeness (QED) is 0.914. The van der Waals surface area contributed by atoms with Gasteiger partial charge >= 0.3 is 0 Å². The third-order valence-electron chi connectivity index (χ3n) is 3.47. The van der Waals surface area contributed by atoms with Crippen LogP contribution in [0.4, 0.5) is 0 Å². The maximum atomic E-state index is 6.00. The monoisotopic (exact) mass is 284 g/mol. The first-order valence-electron chi connectivity index (χ1n) is 7.36. The predicted molar refractivity (Wildman–Crippen MR) is 86.6 cm³/mol. The van der Waals surface area contributed by atoms with E-state index in [4.69, 9.17) is 10.5 Å². The molecule has 1 aromatic carbocycles. The van der Waals surface area contributed by atoms with Gasteiger partial charge in [0.1, 0.15) is 12.4 Å². The van der Waals surface area contributed by atoms with Gasteiger partial charge in [-0.2, -0.15) is 0 Å². The van der Waals surface area contributed by atoms with Gasteiger partial charge in [-0.05, 0) is 51.0 Å². The molecule has 2 N–H and O–H groups in total. The second kappa shape index (κ2) is 6.72. The molecule has 3 nitrogen and oxygen atoms in total. The fourth-order valence-electron chi connectivity index (χ4n) is 2.29. The summed E-state index contributed by atoms with van der Waals surface area (Å²) in [5.41, 5.74) is 11.5. The minimum Gasteiger partial charge on any atom is -0.487 e. The predicted octanol–water partition coefficient (Wildman–Crippen LogP) is 3.48. The summed E-state index contributed by atoms with van der Waals surface area (Å²) < 4.78 is 6.00. The summed E-state index contributed by atoms with van der Waals surface area (Å²) >= 11 is 0. The highest BCUT2D eigenvalue weighted by Crippen LogP contribution is 2.21. The third kappa shape index (κ3) is 4.30. The van der Waals surface area contributed by atoms with E-state index in [0.717, 1.165) is 23.6 Å². The van der Waals surface area contributed by atoms with Crippen molar-refractivity contribution in [2.75, 3.05) is 0 Å². The summed E-state index contributed by atoms with van der Waals surface area (Å²) in [4.78, 5) is 4.56. The molecule has 0 fully saturated rings. The number of nitrogens with two attached hydrogens (primary N) is 1. The SMILES string of the molecule is Cc1ccc(C)c(COc2ccc(C)nc2CC(C)N)c1. The molecule has 3 heteroatoms. The van der Waals surface area contributed by atoms with Crippen LogP contribution in [-0.2, 0) is 13.0 Å². The lowest BCUT2D eigenvalue weighted by Gasteiger charge is -2.14. The lowest BCUT2D eigenvalue weighted by molar-refractivity contribution is 0.299. The maximum absolute atomic E-state index is 6.00. The Kier molecular flexibility index (Phi) is 4.97. The molecule has 0 amide bonds. The fourth-order valence-corrected chi connectivity index (χ4v) is 2.29. The van der Waals surface area contributed by atoms with Crippen LogP contribution in [0, 0.1) is 20.8 Å². The zero-order chi connectivity index (χ0) is 15.4. The highest BCUT2D eigenvalue weighted by atomic mass is 16.5. The van der Waals surface area contributed by atoms with Gasteiger partial charge in [-0.15, -0.1) is 0 Å². The van der Waals surface area contributed by atoms with Gasteiger partial charge in [-0.1, -0.05) is 23.8 Å². The Bertz CT molecular complexity index is 621. The van der Waals surface area contributed by atoms with E-state index in [0.29, 0.717) is 6.61 Å². The van der Waals surface area contributed by atoms with E-state index < -0.39 is 0 Å². The third-order valence-corrected chi connectivity index (χ3v) is 3.47. The Labute approximate surface area is 127 Å². The minimum atomic E-state index is 0.0716. The molecule has 0 aliphatic rings. The summed E-state index contributed by atoms with van der Waals surface area (Å²) in [6.45, 7) is 8.73. The van der Waals surface area contributed by atoms with Crippen LogP contribution in [0.3, 0.4) is 0 Å². The van der Waals surface area contributed by atoms with E-state index in [1.165, 1.54) is 16.7 Å². The fraction of sp³-hybridized carbons (Fsp3) is 0.389. The number of rotatable bonds is 5. The van der Waals surface area contributed by atoms with E-state index >= 15 is 0 Å². The summed E-state index contributed by atoms with van der Waals surface area (Å²) in [5.74, 6) is 0.832. The van der Waals surface area contributed by atoms with Crippen molar-refractivity contribution >= 4 is 0 Å². The first-order chi connectivity index (χ1) is 9.95. The highest BCUT2D eigenvalue weighted by Gasteiger charge is 2.09. The lowest BCUT2D eigenvalue weighted by atomic mass is 10.1. The van der Waals surface area contributed by atoms with Crippen molar-refractivity contribution in [3.8, 4) is 5.75 Å². The number of hydrogen-bond acceptors (Lipinski definition) is 3. The topological polar surface area (TPSA) is 48.1 Å². The summed E-state index contributed by atoms with van der Waals surface area (Å²) in [6, 6.07) is 10.5. The largest absolute Gasteiger partial charge is 0.487 e. The van der Waals surface area contributed by atoms with Crippen molar-refractivity contribution in [3.63, 3.8) is 0 Å². The molecule has 2 rings (SSSR count). The molecular weight excluding hydrogens is 260 g/mol. The lowest BCUT2D eigenvalue weighted by Crippen LogP contribution is -2.19. The van der Waals surface area contributed by atoms with Gasteiger partial charge in [0.15, 0.2) is 0 Å². The first-order valence-corrected chi connectivity index (χ1v) is 7.36. The first kappa shape index (κ1) is 15.5. The van der Waals surface area contributed by atoms with Crippen LogP contribution in [0.2, 0.25) is 0 Å². The standard InChI is InChI=1S/C18H24N2O/c1-12-5-6-13(2)16(9-12)11-21-18-8-7-15(4)20-17(18)10-14(3)19/h5-9,14H,10-11,19H2,1-4H3. The van der Waals surface area contributed by atoms with Crippen molar-refractivity contribution in [1.29, 1.82) is 0 Å². The molecule has 0 aliphatic heterocycles. The number of nitrogens with zero attached hydrogens (tertiary/aromatic N) is 1. The number of ether oxygens (including phenoxy) is 1. The summed E-state index contributed by atoms with van der Waals surface area (Å²) in [6.07, 6.45) is 0.726. The molecule has 0 aliphatic carbocycles. The van der Waals surface area contributed by atoms with Crippen molar-refractivity contribution in [1.82, 2.24) is 4.98 Å². The molecular formula is C18H24N2O. The van der Waals surface area contributed by atoms with Gasteiger partial charge < -0.3 is 10.5 Å². The van der Waals surface area contributed by atoms with Gasteiger partial charge in [0.2, 0.25) is 0 Å². The van der Waals surface area contributed by atoms with Crippen LogP contribution < -0.4 is 10.5 Å². The Balaban J connectivity index is 2.17. The number of pyridine rings is 1. The Morgan fingerprint density at radius 3 is 2.62 bits per heavy atom. The average molecular weight is 284 g/mol. The second-order valence-electron chi connectivity index (χ2n) is 5.80. The number of aryl methyl sites for hydroxylation is 3. The van der Waals surface area contributed by atoms with Crippen molar-refractivity contribution in [2.24, 2.45) is 5.73 Å². The van der Waals surface area contributed by atoms with Gasteiger partial charge in [-0.25, -0.2) is 0 Å². The molecule has 0 radical (unpaired) electrons. The highest BCUT2D eigenvalue weighted by molar-refractivity contribution is 5.33. The van der Waals surface area contributed by atoms with Crippen LogP contribution in [0.5, 0.6) is 5.75 Å². The van der Waals surface area contributed by atoms with Crippen LogP contribution in [0.15, 0.2) is 30.3 Å². The van der Waals surface area contributed by atoms with E-state index in [-0.39, 0.29) is 6.04 Å². The van der Waals surface area contributed by atoms with E-state index in [9.17, 15) is 0 Å². The van der Waals surface area contributed by atoms with E-state index in [2.05, 4.69) is 37.0 Å². The molecule has 0 saturated carbocycles. The minimum absolute atomic E-state index is 0.0716. The van der Waals surface area contributed by atoms with Crippen molar-refractivity contribution in [3.05, 3.63) is 58.4 Å². The number of hydrogen-bond donors (Lipinski definition) is 1. The number of benzene rings is 1. The average Bonchev–Trinajstić information content (AvgIpc) is 2.41.